The van der Waals surface area contributed by atoms with Crippen molar-refractivity contribution < 1.29 is 0 Å². The maximum atomic E-state index is 4.55. The molecule has 2 unspecified atom stereocenters. The highest BCUT2D eigenvalue weighted by atomic mass is 79.9. The average Bonchev–Trinajstić information content (AvgIpc) is 2.42. The Kier molecular flexibility index (Phi) is 6.20. The maximum absolute atomic E-state index is 4.55. The van der Waals surface area contributed by atoms with E-state index in [1.807, 2.05) is 6.20 Å². The molecule has 0 amide bonds. The summed E-state index contributed by atoms with van der Waals surface area (Å²) in [5.74, 6) is 1.40. The van der Waals surface area contributed by atoms with Crippen molar-refractivity contribution in [2.24, 2.45) is 11.8 Å². The summed E-state index contributed by atoms with van der Waals surface area (Å²) in [6.45, 7) is 12.4. The molecule has 1 aromatic rings. The monoisotopic (exact) mass is 353 g/mol. The third kappa shape index (κ3) is 5.04. The van der Waals surface area contributed by atoms with E-state index in [0.29, 0.717) is 18.0 Å². The molecule has 1 saturated heterocycles. The minimum atomic E-state index is 0.587. The molecule has 4 heteroatoms. The van der Waals surface area contributed by atoms with Gasteiger partial charge in [-0.15, -0.1) is 0 Å². The Morgan fingerprint density at radius 2 is 2.10 bits per heavy atom. The molecule has 1 fully saturated rings. The molecule has 1 N–H and O–H groups in total. The van der Waals surface area contributed by atoms with Crippen LogP contribution >= 0.6 is 15.9 Å². The molecule has 21 heavy (non-hydrogen) atoms. The van der Waals surface area contributed by atoms with Crippen LogP contribution in [0.2, 0.25) is 0 Å². The molecule has 0 aromatic carbocycles. The summed E-state index contributed by atoms with van der Waals surface area (Å²) < 4.78 is 1.05. The van der Waals surface area contributed by atoms with Gasteiger partial charge in [-0.25, -0.2) is 0 Å². The fourth-order valence-corrected chi connectivity index (χ4v) is 3.24. The van der Waals surface area contributed by atoms with Crippen LogP contribution in [0.5, 0.6) is 0 Å². The fraction of sp³-hybridized carbons (Fsp3) is 0.706. The van der Waals surface area contributed by atoms with Gasteiger partial charge in [-0.2, -0.15) is 0 Å². The molecule has 2 atom stereocenters. The topological polar surface area (TPSA) is 28.2 Å². The first-order valence-electron chi connectivity index (χ1n) is 8.03. The van der Waals surface area contributed by atoms with E-state index in [9.17, 15) is 0 Å². The van der Waals surface area contributed by atoms with Crippen molar-refractivity contribution in [1.29, 1.82) is 0 Å². The van der Waals surface area contributed by atoms with Gasteiger partial charge in [0.05, 0.1) is 5.69 Å². The van der Waals surface area contributed by atoms with Crippen LogP contribution < -0.4 is 5.32 Å². The van der Waals surface area contributed by atoms with Gasteiger partial charge in [0.15, 0.2) is 0 Å². The van der Waals surface area contributed by atoms with Crippen LogP contribution in [0.1, 0.15) is 39.8 Å². The highest BCUT2D eigenvalue weighted by Gasteiger charge is 2.29. The zero-order valence-electron chi connectivity index (χ0n) is 13.6. The SMILES string of the molecule is CC(C)CC1CNC(C(C)C)CN1Cc1ccc(Br)cn1. The summed E-state index contributed by atoms with van der Waals surface area (Å²) >= 11 is 3.46. The Labute approximate surface area is 137 Å². The van der Waals surface area contributed by atoms with Gasteiger partial charge >= 0.3 is 0 Å². The van der Waals surface area contributed by atoms with E-state index in [0.717, 1.165) is 35.7 Å². The summed E-state index contributed by atoms with van der Waals surface area (Å²) in [5, 5.41) is 3.73. The van der Waals surface area contributed by atoms with Crippen molar-refractivity contribution in [2.45, 2.75) is 52.7 Å². The number of pyridine rings is 1. The van der Waals surface area contributed by atoms with Gasteiger partial charge in [0.2, 0.25) is 0 Å². The second-order valence-electron chi connectivity index (χ2n) is 6.94. The number of hydrogen-bond donors (Lipinski definition) is 1. The molecule has 1 aliphatic heterocycles. The Morgan fingerprint density at radius 3 is 2.67 bits per heavy atom. The van der Waals surface area contributed by atoms with Gasteiger partial charge in [0, 0.05) is 42.4 Å². The lowest BCUT2D eigenvalue weighted by molar-refractivity contribution is 0.0912. The van der Waals surface area contributed by atoms with Crippen molar-refractivity contribution in [1.82, 2.24) is 15.2 Å². The van der Waals surface area contributed by atoms with Crippen LogP contribution in [0.3, 0.4) is 0 Å². The van der Waals surface area contributed by atoms with Crippen LogP contribution in [-0.4, -0.2) is 35.1 Å². The molecule has 0 radical (unpaired) electrons. The molecule has 0 spiro atoms. The number of aromatic nitrogens is 1. The van der Waals surface area contributed by atoms with Crippen LogP contribution in [0, 0.1) is 11.8 Å². The number of hydrogen-bond acceptors (Lipinski definition) is 3. The van der Waals surface area contributed by atoms with Crippen LogP contribution in [0.4, 0.5) is 0 Å². The molecule has 0 saturated carbocycles. The largest absolute Gasteiger partial charge is 0.311 e. The smallest absolute Gasteiger partial charge is 0.0544 e. The number of nitrogens with one attached hydrogen (secondary N) is 1. The van der Waals surface area contributed by atoms with Gasteiger partial charge in [-0.05, 0) is 46.3 Å². The molecule has 118 valence electrons. The predicted octanol–water partition coefficient (Wildman–Crippen LogP) is 3.69. The Balaban J connectivity index is 2.06. The van der Waals surface area contributed by atoms with E-state index >= 15 is 0 Å². The van der Waals surface area contributed by atoms with Crippen molar-refractivity contribution in [3.05, 3.63) is 28.5 Å². The van der Waals surface area contributed by atoms with Crippen molar-refractivity contribution >= 4 is 15.9 Å². The summed E-state index contributed by atoms with van der Waals surface area (Å²) in [5.41, 5.74) is 1.16. The second kappa shape index (κ2) is 7.70. The lowest BCUT2D eigenvalue weighted by Crippen LogP contribution is -2.58. The molecular formula is C17H28BrN3. The van der Waals surface area contributed by atoms with E-state index < -0.39 is 0 Å². The highest BCUT2D eigenvalue weighted by molar-refractivity contribution is 9.10. The normalized spacial score (nSPS) is 24.0. The molecule has 0 bridgehead atoms. The first kappa shape index (κ1) is 16.9. The molecule has 1 aliphatic rings. The molecule has 0 aliphatic carbocycles. The second-order valence-corrected chi connectivity index (χ2v) is 7.86. The highest BCUT2D eigenvalue weighted by Crippen LogP contribution is 2.20. The summed E-state index contributed by atoms with van der Waals surface area (Å²) in [4.78, 5) is 7.17. The van der Waals surface area contributed by atoms with E-state index in [-0.39, 0.29) is 0 Å². The Hall–Kier alpha value is -0.450. The Bertz CT molecular complexity index is 430. The number of nitrogens with zero attached hydrogens (tertiary/aromatic N) is 2. The zero-order chi connectivity index (χ0) is 15.4. The first-order valence-corrected chi connectivity index (χ1v) is 8.83. The fourth-order valence-electron chi connectivity index (χ4n) is 3.01. The van der Waals surface area contributed by atoms with Gasteiger partial charge < -0.3 is 5.32 Å². The lowest BCUT2D eigenvalue weighted by atomic mass is 9.95. The van der Waals surface area contributed by atoms with Crippen molar-refractivity contribution in [3.63, 3.8) is 0 Å². The third-order valence-electron chi connectivity index (χ3n) is 4.27. The molecule has 3 nitrogen and oxygen atoms in total. The van der Waals surface area contributed by atoms with Crippen LogP contribution in [0.25, 0.3) is 0 Å². The summed E-state index contributed by atoms with van der Waals surface area (Å²) in [6, 6.07) is 5.42. The molecule has 2 heterocycles. The predicted molar refractivity (Wildman–Crippen MR) is 92.2 cm³/mol. The average molecular weight is 354 g/mol. The molecule has 2 rings (SSSR count). The van der Waals surface area contributed by atoms with E-state index in [4.69, 9.17) is 0 Å². The van der Waals surface area contributed by atoms with Gasteiger partial charge in [0.25, 0.3) is 0 Å². The Morgan fingerprint density at radius 1 is 1.33 bits per heavy atom. The molecule has 1 aromatic heterocycles. The lowest BCUT2D eigenvalue weighted by Gasteiger charge is -2.42. The first-order chi connectivity index (χ1) is 9.95. The maximum Gasteiger partial charge on any atom is 0.0544 e. The van der Waals surface area contributed by atoms with Gasteiger partial charge in [0.1, 0.15) is 0 Å². The molecular weight excluding hydrogens is 326 g/mol. The number of rotatable bonds is 5. The minimum absolute atomic E-state index is 0.587. The van der Waals surface area contributed by atoms with Crippen LogP contribution in [-0.2, 0) is 6.54 Å². The minimum Gasteiger partial charge on any atom is -0.311 e. The van der Waals surface area contributed by atoms with E-state index in [1.165, 1.54) is 6.42 Å². The summed E-state index contributed by atoms with van der Waals surface area (Å²) in [7, 11) is 0. The standard InChI is InChI=1S/C17H28BrN3/c1-12(2)7-16-9-20-17(13(3)4)11-21(16)10-15-6-5-14(18)8-19-15/h5-6,8,12-13,16-17,20H,7,9-11H2,1-4H3. The van der Waals surface area contributed by atoms with Crippen molar-refractivity contribution in [3.8, 4) is 0 Å². The van der Waals surface area contributed by atoms with Gasteiger partial charge in [-0.1, -0.05) is 27.7 Å². The van der Waals surface area contributed by atoms with Gasteiger partial charge in [-0.3, -0.25) is 9.88 Å². The number of halogens is 1. The van der Waals surface area contributed by atoms with Crippen LogP contribution in [0.15, 0.2) is 22.8 Å². The van der Waals surface area contributed by atoms with E-state index in [2.05, 4.69) is 71.0 Å². The summed E-state index contributed by atoms with van der Waals surface area (Å²) in [6.07, 6.45) is 3.14. The van der Waals surface area contributed by atoms with Crippen molar-refractivity contribution in [2.75, 3.05) is 13.1 Å². The third-order valence-corrected chi connectivity index (χ3v) is 4.73. The number of piperazine rings is 1. The van der Waals surface area contributed by atoms with E-state index in [1.54, 1.807) is 0 Å². The quantitative estimate of drug-likeness (QED) is 0.874. The zero-order valence-corrected chi connectivity index (χ0v) is 15.2.